The summed E-state index contributed by atoms with van der Waals surface area (Å²) in [5, 5.41) is 0. The first-order chi connectivity index (χ1) is 55.6. The van der Waals surface area contributed by atoms with E-state index < -0.39 is 25.6 Å². The number of benzene rings is 8. The van der Waals surface area contributed by atoms with Crippen molar-refractivity contribution in [3.05, 3.63) is 433 Å². The van der Waals surface area contributed by atoms with Crippen LogP contribution in [0, 0.1) is 60.2 Å². The van der Waals surface area contributed by atoms with Gasteiger partial charge in [0.2, 0.25) is 5.88 Å². The Hall–Kier alpha value is -11.2. The van der Waals surface area contributed by atoms with Crippen LogP contribution in [-0.4, -0.2) is 54.0 Å². The van der Waals surface area contributed by atoms with E-state index in [1.54, 1.807) is 60.7 Å². The zero-order chi connectivity index (χ0) is 79.2. The van der Waals surface area contributed by atoms with Crippen molar-refractivity contribution < 1.29 is 103 Å². The molecule has 0 saturated carbocycles. The SMILES string of the molecule is CC(C)(c1[c-]cccc1)c1cccc(C(F)c2cccc(-c3[c-]cccc3)n2)n1.CC(c1cccc(-c2[c-]cc(F)cc2F)n1)c1cccc(N(C)c2[c-]cccc2)n1.CC(c1cccc(-c2[c-]cccc2)n1)c1cccc(N(C)c2[c-]cccc2)n1.O=[P+](c1cccc(Oc2[c-]cccc2)n1)c1cccc(-c2[c-]cccc2)n1.[Ir].[Ir].[Ir].[Ir]. The number of rotatable bonds is 20. The van der Waals surface area contributed by atoms with Gasteiger partial charge in [-0.3, -0.25) is 23.7 Å². The van der Waals surface area contributed by atoms with E-state index in [0.717, 1.165) is 97.3 Å². The zero-order valence-corrected chi connectivity index (χ0v) is 75.1. The number of aromatic nitrogens is 8. The standard InChI is InChI=1S/C26H21FN2.C25H19F2N3.C25H21N3.C22H14N2O2P.4Ir/c1-26(2,20-13-7-4-8-14-20)24-18-10-17-23(29-24)25(27)22-16-9-15-21(28-22)19-11-5-3-6-12-19;1-17(22-10-6-12-24(28-22)20-15-14-18(26)16-21(20)27)23-11-7-13-25(29-23)30(2)19-8-4-3-5-9-19;1-19(22-15-9-17-24(26-22)20-11-5-3-6-12-20)23-16-10-18-25(27-23)28(2)21-13-7-4-8-14-21;25-27(21-15-7-13-19(23-21)17-9-3-1-4-10-17)22-16-8-14-20(24-22)26-18-11-5-2-6-12-18;;;;/h3-11,13,15-18,25H,1-2H3;3-8,10-14,16-17H,1-2H3;3-11,13,15-19H,1-2H3;1-9,11,13-16H;;;;/q3*-2;-1;;;;. The van der Waals surface area contributed by atoms with Crippen molar-refractivity contribution >= 4 is 41.7 Å². The summed E-state index contributed by atoms with van der Waals surface area (Å²) in [5.41, 5.74) is 14.1. The summed E-state index contributed by atoms with van der Waals surface area (Å²) in [6, 6.07) is 125. The van der Waals surface area contributed by atoms with Crippen LogP contribution in [0.15, 0.2) is 328 Å². The number of hydrogen-bond acceptors (Lipinski definition) is 12. The molecule has 118 heavy (non-hydrogen) atoms. The Morgan fingerprint density at radius 2 is 0.780 bits per heavy atom. The van der Waals surface area contributed by atoms with Gasteiger partial charge in [-0.15, -0.1) is 144 Å². The van der Waals surface area contributed by atoms with E-state index in [4.69, 9.17) is 19.7 Å². The van der Waals surface area contributed by atoms with Gasteiger partial charge in [-0.2, -0.15) is 108 Å². The van der Waals surface area contributed by atoms with E-state index in [2.05, 4.69) is 106 Å². The topological polar surface area (TPSA) is 136 Å². The Labute approximate surface area is 742 Å². The molecular formula is C98H75F3Ir4N10O2P-7. The third-order valence-corrected chi connectivity index (χ3v) is 19.9. The number of hydrogen-bond donors (Lipinski definition) is 0. The van der Waals surface area contributed by atoms with Crippen molar-refractivity contribution in [1.29, 1.82) is 0 Å². The van der Waals surface area contributed by atoms with E-state index in [0.29, 0.717) is 45.3 Å². The molecule has 16 aromatic rings. The Morgan fingerprint density at radius 1 is 0.381 bits per heavy atom. The Morgan fingerprint density at radius 3 is 1.25 bits per heavy atom. The predicted molar refractivity (Wildman–Crippen MR) is 445 cm³/mol. The van der Waals surface area contributed by atoms with Crippen LogP contribution in [0.2, 0.25) is 0 Å². The number of ether oxygens (including phenoxy) is 1. The number of pyridine rings is 8. The number of para-hydroxylation sites is 3. The molecule has 4 unspecified atom stereocenters. The molecule has 8 heterocycles. The molecular weight excluding hydrogens is 2210 g/mol. The maximum Gasteiger partial charge on any atom is 0.454 e. The van der Waals surface area contributed by atoms with Gasteiger partial charge in [0.25, 0.3) is 10.9 Å². The fourth-order valence-electron chi connectivity index (χ4n) is 12.1. The Kier molecular flexibility index (Phi) is 34.2. The molecule has 12 nitrogen and oxygen atoms in total. The summed E-state index contributed by atoms with van der Waals surface area (Å²) in [7, 11) is 2.00. The maximum atomic E-state index is 15.4. The Bertz CT molecular complexity index is 5840. The third kappa shape index (κ3) is 23.8. The van der Waals surface area contributed by atoms with Crippen LogP contribution in [-0.2, 0) is 90.4 Å². The van der Waals surface area contributed by atoms with Crippen LogP contribution in [0.1, 0.15) is 91.1 Å². The van der Waals surface area contributed by atoms with Gasteiger partial charge in [-0.1, -0.05) is 128 Å². The largest absolute Gasteiger partial charge is 0.466 e. The number of halogens is 3. The minimum atomic E-state index is -1.94. The molecule has 0 saturated heterocycles. The van der Waals surface area contributed by atoms with Crippen LogP contribution >= 0.6 is 7.80 Å². The van der Waals surface area contributed by atoms with E-state index >= 15 is 4.39 Å². The summed E-state index contributed by atoms with van der Waals surface area (Å²) in [6.45, 7) is 8.28. The molecule has 0 aliphatic heterocycles. The number of alkyl halides is 1. The summed E-state index contributed by atoms with van der Waals surface area (Å²) >= 11 is 0. The molecule has 0 aliphatic rings. The van der Waals surface area contributed by atoms with Crippen LogP contribution < -0.4 is 25.4 Å². The molecule has 0 aliphatic carbocycles. The molecule has 598 valence electrons. The van der Waals surface area contributed by atoms with Crippen molar-refractivity contribution in [2.24, 2.45) is 0 Å². The van der Waals surface area contributed by atoms with Gasteiger partial charge >= 0.3 is 7.80 Å². The van der Waals surface area contributed by atoms with E-state index in [-0.39, 0.29) is 103 Å². The second kappa shape index (κ2) is 44.4. The van der Waals surface area contributed by atoms with Gasteiger partial charge in [0, 0.05) is 164 Å². The average Bonchev–Trinajstić information content (AvgIpc) is 0.798. The van der Waals surface area contributed by atoms with Gasteiger partial charge in [0.05, 0.1) is 22.8 Å². The molecule has 4 radical (unpaired) electrons. The molecule has 20 heteroatoms. The molecule has 0 spiro atoms. The minimum Gasteiger partial charge on any atom is -0.466 e. The van der Waals surface area contributed by atoms with Crippen molar-refractivity contribution in [2.75, 3.05) is 23.9 Å². The molecule has 0 fully saturated rings. The monoisotopic (exact) mass is 2280 g/mol. The molecule has 8 aromatic carbocycles. The van der Waals surface area contributed by atoms with Crippen LogP contribution in [0.25, 0.3) is 45.0 Å². The summed E-state index contributed by atoms with van der Waals surface area (Å²) < 4.78 is 61.4. The normalized spacial score (nSPS) is 11.4. The molecule has 0 bridgehead atoms. The van der Waals surface area contributed by atoms with Crippen LogP contribution in [0.3, 0.4) is 0 Å². The molecule has 8 aromatic heterocycles. The Balaban J connectivity index is 0.000000177. The summed E-state index contributed by atoms with van der Waals surface area (Å²) in [4.78, 5) is 41.2. The van der Waals surface area contributed by atoms with E-state index in [1.807, 2.05) is 273 Å². The van der Waals surface area contributed by atoms with Crippen LogP contribution in [0.4, 0.5) is 36.2 Å². The van der Waals surface area contributed by atoms with Gasteiger partial charge in [0.15, 0.2) is 6.17 Å². The van der Waals surface area contributed by atoms with Crippen molar-refractivity contribution in [3.63, 3.8) is 0 Å². The fourth-order valence-corrected chi connectivity index (χ4v) is 13.2. The molecule has 0 amide bonds. The van der Waals surface area contributed by atoms with E-state index in [1.165, 1.54) is 0 Å². The smallest absolute Gasteiger partial charge is 0.454 e. The second-order valence-corrected chi connectivity index (χ2v) is 28.2. The van der Waals surface area contributed by atoms with Crippen molar-refractivity contribution in [3.8, 4) is 56.7 Å². The molecule has 4 atom stereocenters. The first-order valence-electron chi connectivity index (χ1n) is 36.8. The van der Waals surface area contributed by atoms with E-state index in [9.17, 15) is 13.3 Å². The maximum absolute atomic E-state index is 15.4. The average molecular weight is 2280 g/mol. The molecule has 0 N–H and O–H groups in total. The molecule has 16 rings (SSSR count). The quantitative estimate of drug-likeness (QED) is 0.0531. The fraction of sp³-hybridized carbons (Fsp3) is 0.102. The first-order valence-corrected chi connectivity index (χ1v) is 38.0. The number of nitrogens with zero attached hydrogens (tertiary/aromatic N) is 10. The van der Waals surface area contributed by atoms with Gasteiger partial charge in [-0.05, 0) is 77.4 Å². The minimum absolute atomic E-state index is 0. The van der Waals surface area contributed by atoms with Gasteiger partial charge in [-0.25, -0.2) is 14.4 Å². The third-order valence-electron chi connectivity index (χ3n) is 18.5. The van der Waals surface area contributed by atoms with Gasteiger partial charge < -0.3 is 24.5 Å². The first kappa shape index (κ1) is 90.8. The summed E-state index contributed by atoms with van der Waals surface area (Å²) in [5.74, 6) is 1.20. The van der Waals surface area contributed by atoms with Crippen molar-refractivity contribution in [1.82, 2.24) is 39.9 Å². The van der Waals surface area contributed by atoms with Crippen LogP contribution in [0.5, 0.6) is 11.6 Å². The second-order valence-electron chi connectivity index (χ2n) is 26.7. The summed E-state index contributed by atoms with van der Waals surface area (Å²) in [6.07, 6.45) is -1.41. The number of anilines is 4. The van der Waals surface area contributed by atoms with Gasteiger partial charge in [0.1, 0.15) is 11.6 Å². The predicted octanol–water partition coefficient (Wildman–Crippen LogP) is 22.0. The van der Waals surface area contributed by atoms with Crippen molar-refractivity contribution in [2.45, 2.75) is 51.1 Å². The zero-order valence-electron chi connectivity index (χ0n) is 64.6.